The highest BCUT2D eigenvalue weighted by Crippen LogP contribution is 2.11. The highest BCUT2D eigenvalue weighted by molar-refractivity contribution is 7.98. The molecule has 0 aliphatic carbocycles. The number of hydrogen-bond donors (Lipinski definition) is 1. The topological polar surface area (TPSA) is 23.5 Å². The van der Waals surface area contributed by atoms with E-state index in [1.807, 2.05) is 11.8 Å². The molecule has 1 N–H and O–H groups in total. The number of likely N-dealkylation sites (tertiary alicyclic amines) is 1. The van der Waals surface area contributed by atoms with E-state index in [0.29, 0.717) is 0 Å². The van der Waals surface area contributed by atoms with Crippen LogP contribution in [0.25, 0.3) is 0 Å². The second-order valence-electron chi connectivity index (χ2n) is 2.79. The number of piperidine rings is 1. The molecule has 1 aliphatic heterocycles. The first-order valence-electron chi connectivity index (χ1n) is 3.72. The number of β-amino-alcohol motifs (C(OH)–C–C–N with tert-alkyl or cyclic N) is 1. The van der Waals surface area contributed by atoms with Gasteiger partial charge in [0.1, 0.15) is 0 Å². The quantitative estimate of drug-likeness (QED) is 0.647. The number of nitrogens with zero attached hydrogens (tertiary/aromatic N) is 1. The van der Waals surface area contributed by atoms with Crippen LogP contribution in [0.15, 0.2) is 0 Å². The Labute approximate surface area is 66.6 Å². The van der Waals surface area contributed by atoms with Crippen LogP contribution < -0.4 is 0 Å². The second-order valence-corrected chi connectivity index (χ2v) is 3.63. The van der Waals surface area contributed by atoms with Crippen molar-refractivity contribution in [2.75, 3.05) is 25.2 Å². The summed E-state index contributed by atoms with van der Waals surface area (Å²) in [5.41, 5.74) is 0. The number of aliphatic hydroxyl groups is 1. The average Bonchev–Trinajstić information content (AvgIpc) is 1.88. The maximum Gasteiger partial charge on any atom is 0.0667 e. The predicted molar refractivity (Wildman–Crippen MR) is 45.2 cm³/mol. The summed E-state index contributed by atoms with van der Waals surface area (Å²) in [6.45, 7) is 2.04. The van der Waals surface area contributed by atoms with Gasteiger partial charge >= 0.3 is 0 Å². The molecule has 60 valence electrons. The van der Waals surface area contributed by atoms with E-state index in [4.69, 9.17) is 0 Å². The maximum absolute atomic E-state index is 9.26. The summed E-state index contributed by atoms with van der Waals surface area (Å²) < 4.78 is 0. The Bertz CT molecular complexity index is 97.6. The molecule has 1 atom stereocenters. The van der Waals surface area contributed by atoms with E-state index in [2.05, 4.69) is 11.2 Å². The third-order valence-electron chi connectivity index (χ3n) is 1.79. The summed E-state index contributed by atoms with van der Waals surface area (Å²) in [7, 11) is 0. The Kier molecular flexibility index (Phi) is 3.52. The summed E-state index contributed by atoms with van der Waals surface area (Å²) >= 11 is 1.82. The molecule has 10 heavy (non-hydrogen) atoms. The monoisotopic (exact) mass is 161 g/mol. The van der Waals surface area contributed by atoms with Gasteiger partial charge in [-0.15, -0.1) is 11.8 Å². The number of rotatable bonds is 2. The van der Waals surface area contributed by atoms with Crippen molar-refractivity contribution in [2.24, 2.45) is 0 Å². The van der Waals surface area contributed by atoms with E-state index in [0.717, 1.165) is 31.8 Å². The second kappa shape index (κ2) is 4.21. The molecule has 1 heterocycles. The molecule has 0 saturated carbocycles. The molecule has 1 fully saturated rings. The summed E-state index contributed by atoms with van der Waals surface area (Å²) in [5.74, 6) is 1.07. The van der Waals surface area contributed by atoms with Crippen LogP contribution >= 0.6 is 11.8 Å². The highest BCUT2D eigenvalue weighted by Gasteiger charge is 2.15. The fraction of sp³-hybridized carbons (Fsp3) is 1.00. The predicted octanol–water partition coefficient (Wildman–Crippen LogP) is 0.764. The van der Waals surface area contributed by atoms with E-state index < -0.39 is 0 Å². The van der Waals surface area contributed by atoms with Crippen LogP contribution in [0.2, 0.25) is 0 Å². The molecule has 0 aromatic heterocycles. The van der Waals surface area contributed by atoms with Crippen molar-refractivity contribution in [3.05, 3.63) is 0 Å². The molecule has 1 aliphatic rings. The zero-order valence-corrected chi connectivity index (χ0v) is 7.23. The minimum atomic E-state index is -0.0686. The van der Waals surface area contributed by atoms with E-state index in [1.54, 1.807) is 0 Å². The molecule has 1 saturated heterocycles. The summed E-state index contributed by atoms with van der Waals surface area (Å²) in [6.07, 6.45) is 4.18. The van der Waals surface area contributed by atoms with Gasteiger partial charge in [-0.2, -0.15) is 0 Å². The lowest BCUT2D eigenvalue weighted by molar-refractivity contribution is 0.0814. The van der Waals surface area contributed by atoms with Crippen LogP contribution in [0.4, 0.5) is 0 Å². The summed E-state index contributed by atoms with van der Waals surface area (Å²) in [4.78, 5) is 2.30. The molecular formula is C7H15NOS. The molecule has 0 aromatic rings. The highest BCUT2D eigenvalue weighted by atomic mass is 32.2. The lowest BCUT2D eigenvalue weighted by Crippen LogP contribution is -2.37. The van der Waals surface area contributed by atoms with Gasteiger partial charge in [0.15, 0.2) is 0 Å². The first-order chi connectivity index (χ1) is 4.83. The normalized spacial score (nSPS) is 28.8. The van der Waals surface area contributed by atoms with Crippen LogP contribution in [-0.4, -0.2) is 41.3 Å². The van der Waals surface area contributed by atoms with Crippen molar-refractivity contribution in [2.45, 2.75) is 18.9 Å². The van der Waals surface area contributed by atoms with Gasteiger partial charge in [0, 0.05) is 12.4 Å². The van der Waals surface area contributed by atoms with Crippen molar-refractivity contribution in [3.63, 3.8) is 0 Å². The van der Waals surface area contributed by atoms with Crippen LogP contribution in [0.5, 0.6) is 0 Å². The molecule has 0 spiro atoms. The van der Waals surface area contributed by atoms with Crippen molar-refractivity contribution in [3.8, 4) is 0 Å². The first-order valence-corrected chi connectivity index (χ1v) is 5.11. The SMILES string of the molecule is CSCN1CCCC(O)C1. The maximum atomic E-state index is 9.26. The fourth-order valence-electron chi connectivity index (χ4n) is 1.33. The Balaban J connectivity index is 2.18. The van der Waals surface area contributed by atoms with Gasteiger partial charge < -0.3 is 5.11 Å². The molecule has 0 bridgehead atoms. The molecular weight excluding hydrogens is 146 g/mol. The number of aliphatic hydroxyl groups excluding tert-OH is 1. The molecule has 0 radical (unpaired) electrons. The largest absolute Gasteiger partial charge is 0.392 e. The van der Waals surface area contributed by atoms with Crippen LogP contribution in [0.1, 0.15) is 12.8 Å². The van der Waals surface area contributed by atoms with Crippen LogP contribution in [-0.2, 0) is 0 Å². The van der Waals surface area contributed by atoms with Gasteiger partial charge in [-0.3, -0.25) is 4.90 Å². The summed E-state index contributed by atoms with van der Waals surface area (Å²) in [6, 6.07) is 0. The Morgan fingerprint density at radius 2 is 2.50 bits per heavy atom. The first kappa shape index (κ1) is 8.37. The van der Waals surface area contributed by atoms with E-state index in [-0.39, 0.29) is 6.10 Å². The molecule has 0 aromatic carbocycles. The number of hydrogen-bond acceptors (Lipinski definition) is 3. The van der Waals surface area contributed by atoms with Crippen molar-refractivity contribution in [1.82, 2.24) is 4.90 Å². The zero-order chi connectivity index (χ0) is 7.40. The van der Waals surface area contributed by atoms with Gasteiger partial charge in [0.2, 0.25) is 0 Å². The third kappa shape index (κ3) is 2.48. The van der Waals surface area contributed by atoms with Crippen LogP contribution in [0, 0.1) is 0 Å². The fourth-order valence-corrected chi connectivity index (χ4v) is 1.93. The number of thioether (sulfide) groups is 1. The van der Waals surface area contributed by atoms with Gasteiger partial charge in [0.05, 0.1) is 6.10 Å². The Morgan fingerprint density at radius 1 is 1.70 bits per heavy atom. The lowest BCUT2D eigenvalue weighted by Gasteiger charge is -2.28. The van der Waals surface area contributed by atoms with Gasteiger partial charge in [-0.25, -0.2) is 0 Å². The van der Waals surface area contributed by atoms with Gasteiger partial charge in [-0.1, -0.05) is 0 Å². The Hall–Kier alpha value is 0.270. The Morgan fingerprint density at radius 3 is 3.10 bits per heavy atom. The third-order valence-corrected chi connectivity index (χ3v) is 2.42. The molecule has 1 unspecified atom stereocenters. The molecule has 3 heteroatoms. The average molecular weight is 161 g/mol. The minimum absolute atomic E-state index is 0.0686. The molecule has 2 nitrogen and oxygen atoms in total. The zero-order valence-electron chi connectivity index (χ0n) is 6.42. The summed E-state index contributed by atoms with van der Waals surface area (Å²) in [5, 5.41) is 9.26. The smallest absolute Gasteiger partial charge is 0.0667 e. The van der Waals surface area contributed by atoms with Crippen LogP contribution in [0.3, 0.4) is 0 Å². The van der Waals surface area contributed by atoms with Gasteiger partial charge in [0.25, 0.3) is 0 Å². The minimum Gasteiger partial charge on any atom is -0.392 e. The van der Waals surface area contributed by atoms with Gasteiger partial charge in [-0.05, 0) is 25.6 Å². The van der Waals surface area contributed by atoms with E-state index >= 15 is 0 Å². The standard InChI is InChI=1S/C7H15NOS/c1-10-6-8-4-2-3-7(9)5-8/h7,9H,2-6H2,1H3. The van der Waals surface area contributed by atoms with E-state index in [9.17, 15) is 5.11 Å². The lowest BCUT2D eigenvalue weighted by atomic mass is 10.1. The van der Waals surface area contributed by atoms with Crippen molar-refractivity contribution in [1.29, 1.82) is 0 Å². The van der Waals surface area contributed by atoms with Crippen molar-refractivity contribution >= 4 is 11.8 Å². The van der Waals surface area contributed by atoms with E-state index in [1.165, 1.54) is 0 Å². The molecule has 1 rings (SSSR count). The van der Waals surface area contributed by atoms with Crippen molar-refractivity contribution < 1.29 is 5.11 Å². The molecule has 0 amide bonds.